The van der Waals surface area contributed by atoms with E-state index in [1.54, 1.807) is 11.2 Å². The van der Waals surface area contributed by atoms with E-state index in [9.17, 15) is 8.42 Å². The minimum Gasteiger partial charge on any atom is -0.462 e. The quantitative estimate of drug-likeness (QED) is 0.851. The molecule has 104 valence electrons. The maximum Gasteiger partial charge on any atom is 0.214 e. The van der Waals surface area contributed by atoms with Gasteiger partial charge in [-0.25, -0.2) is 8.42 Å². The Kier molecular flexibility index (Phi) is 3.06. The van der Waals surface area contributed by atoms with Crippen LogP contribution in [0.1, 0.15) is 31.3 Å². The summed E-state index contributed by atoms with van der Waals surface area (Å²) < 4.78 is 31.6. The van der Waals surface area contributed by atoms with E-state index in [1.165, 1.54) is 0 Å². The van der Waals surface area contributed by atoms with Crippen molar-refractivity contribution in [1.82, 2.24) is 4.31 Å². The lowest BCUT2D eigenvalue weighted by Gasteiger charge is -2.23. The highest BCUT2D eigenvalue weighted by Gasteiger charge is 2.42. The molecule has 0 spiro atoms. The Hall–Kier alpha value is -1.07. The number of aryl methyl sites for hydroxylation is 1. The summed E-state index contributed by atoms with van der Waals surface area (Å²) in [6, 6.07) is 3.87. The van der Waals surface area contributed by atoms with Crippen LogP contribution in [0.2, 0.25) is 0 Å². The smallest absolute Gasteiger partial charge is 0.214 e. The van der Waals surface area contributed by atoms with E-state index >= 15 is 0 Å². The maximum absolute atomic E-state index is 12.2. The Balaban J connectivity index is 1.91. The Morgan fingerprint density at radius 3 is 2.63 bits per heavy atom. The standard InChI is InChI=1S/C14H19NO3S/c1-3-19(16,17)15-9-12(8-13(15)11-5-6-11)14-7-4-10(2)18-14/h4,7-8,11,13H,3,5-6,9H2,1-2H3. The molecule has 1 aliphatic carbocycles. The molecule has 0 N–H and O–H groups in total. The van der Waals surface area contributed by atoms with Crippen molar-refractivity contribution in [3.05, 3.63) is 29.7 Å². The number of hydrogen-bond donors (Lipinski definition) is 0. The Bertz CT molecular complexity index is 610. The average molecular weight is 281 g/mol. The van der Waals surface area contributed by atoms with Crippen LogP contribution in [0, 0.1) is 12.8 Å². The molecular weight excluding hydrogens is 262 g/mol. The lowest BCUT2D eigenvalue weighted by atomic mass is 10.1. The van der Waals surface area contributed by atoms with Gasteiger partial charge in [0.1, 0.15) is 11.5 Å². The van der Waals surface area contributed by atoms with Gasteiger partial charge in [0.2, 0.25) is 10.0 Å². The third kappa shape index (κ3) is 2.37. The van der Waals surface area contributed by atoms with E-state index in [1.807, 2.05) is 19.1 Å². The molecule has 19 heavy (non-hydrogen) atoms. The van der Waals surface area contributed by atoms with Gasteiger partial charge in [0, 0.05) is 18.2 Å². The average Bonchev–Trinajstić information content (AvgIpc) is 2.97. The fraction of sp³-hybridized carbons (Fsp3) is 0.571. The SMILES string of the molecule is CCS(=O)(=O)N1CC(c2ccc(C)o2)=CC1C1CC1. The minimum atomic E-state index is -3.15. The van der Waals surface area contributed by atoms with Crippen LogP contribution >= 0.6 is 0 Å². The van der Waals surface area contributed by atoms with Crippen LogP contribution in [0.5, 0.6) is 0 Å². The Morgan fingerprint density at radius 1 is 1.37 bits per heavy atom. The monoisotopic (exact) mass is 281 g/mol. The van der Waals surface area contributed by atoms with E-state index in [-0.39, 0.29) is 11.8 Å². The summed E-state index contributed by atoms with van der Waals surface area (Å²) in [4.78, 5) is 0. The number of sulfonamides is 1. The molecule has 1 unspecified atom stereocenters. The van der Waals surface area contributed by atoms with Crippen LogP contribution in [-0.4, -0.2) is 31.1 Å². The van der Waals surface area contributed by atoms with Gasteiger partial charge in [-0.05, 0) is 44.7 Å². The summed E-state index contributed by atoms with van der Waals surface area (Å²) in [5.41, 5.74) is 1.00. The van der Waals surface area contributed by atoms with E-state index in [0.717, 1.165) is 29.9 Å². The molecule has 5 heteroatoms. The lowest BCUT2D eigenvalue weighted by Crippen LogP contribution is -2.38. The van der Waals surface area contributed by atoms with Crippen LogP contribution in [0.25, 0.3) is 5.57 Å². The predicted molar refractivity (Wildman–Crippen MR) is 74.1 cm³/mol. The van der Waals surface area contributed by atoms with Crippen molar-refractivity contribution in [1.29, 1.82) is 0 Å². The third-order valence-corrected chi connectivity index (χ3v) is 5.73. The van der Waals surface area contributed by atoms with Gasteiger partial charge in [-0.15, -0.1) is 0 Å². The molecular formula is C14H19NO3S. The molecule has 1 aliphatic heterocycles. The molecule has 3 rings (SSSR count). The molecule has 2 aliphatic rings. The summed E-state index contributed by atoms with van der Waals surface area (Å²) in [6.45, 7) is 4.05. The molecule has 1 aromatic rings. The van der Waals surface area contributed by atoms with Crippen LogP contribution < -0.4 is 0 Å². The summed E-state index contributed by atoms with van der Waals surface area (Å²) in [5.74, 6) is 2.32. The summed E-state index contributed by atoms with van der Waals surface area (Å²) in [5, 5.41) is 0. The highest BCUT2D eigenvalue weighted by Crippen LogP contribution is 2.42. The van der Waals surface area contributed by atoms with Gasteiger partial charge >= 0.3 is 0 Å². The predicted octanol–water partition coefficient (Wildman–Crippen LogP) is 2.42. The van der Waals surface area contributed by atoms with Crippen LogP contribution in [0.3, 0.4) is 0 Å². The van der Waals surface area contributed by atoms with Crippen LogP contribution in [0.4, 0.5) is 0 Å². The molecule has 1 fully saturated rings. The van der Waals surface area contributed by atoms with Gasteiger partial charge in [-0.3, -0.25) is 0 Å². The normalized spacial score (nSPS) is 24.7. The minimum absolute atomic E-state index is 0.0327. The van der Waals surface area contributed by atoms with Gasteiger partial charge < -0.3 is 4.42 Å². The van der Waals surface area contributed by atoms with Gasteiger partial charge in [0.05, 0.1) is 5.75 Å². The maximum atomic E-state index is 12.2. The number of furan rings is 1. The van der Waals surface area contributed by atoms with Gasteiger partial charge in [0.25, 0.3) is 0 Å². The Morgan fingerprint density at radius 2 is 2.11 bits per heavy atom. The zero-order chi connectivity index (χ0) is 13.6. The second kappa shape index (κ2) is 4.49. The van der Waals surface area contributed by atoms with Crippen molar-refractivity contribution in [2.75, 3.05) is 12.3 Å². The van der Waals surface area contributed by atoms with E-state index in [0.29, 0.717) is 12.5 Å². The van der Waals surface area contributed by atoms with E-state index in [4.69, 9.17) is 4.42 Å². The number of nitrogens with zero attached hydrogens (tertiary/aromatic N) is 1. The third-order valence-electron chi connectivity index (χ3n) is 3.91. The zero-order valence-corrected chi connectivity index (χ0v) is 12.1. The molecule has 1 aromatic heterocycles. The van der Waals surface area contributed by atoms with Crippen LogP contribution in [-0.2, 0) is 10.0 Å². The second-order valence-electron chi connectivity index (χ2n) is 5.38. The lowest BCUT2D eigenvalue weighted by molar-refractivity contribution is 0.383. The summed E-state index contributed by atoms with van der Waals surface area (Å²) >= 11 is 0. The van der Waals surface area contributed by atoms with E-state index < -0.39 is 10.0 Å². The molecule has 1 saturated carbocycles. The van der Waals surface area contributed by atoms with Crippen molar-refractivity contribution < 1.29 is 12.8 Å². The number of hydrogen-bond acceptors (Lipinski definition) is 3. The van der Waals surface area contributed by atoms with Crippen molar-refractivity contribution in [3.8, 4) is 0 Å². The highest BCUT2D eigenvalue weighted by atomic mass is 32.2. The first kappa shape index (κ1) is 12.9. The van der Waals surface area contributed by atoms with Crippen molar-refractivity contribution in [2.24, 2.45) is 5.92 Å². The molecule has 0 radical (unpaired) electrons. The van der Waals surface area contributed by atoms with Gasteiger partial charge in [0.15, 0.2) is 0 Å². The van der Waals surface area contributed by atoms with Crippen molar-refractivity contribution in [3.63, 3.8) is 0 Å². The van der Waals surface area contributed by atoms with Crippen LogP contribution in [0.15, 0.2) is 22.6 Å². The first-order chi connectivity index (χ1) is 9.01. The topological polar surface area (TPSA) is 50.5 Å². The molecule has 0 saturated heterocycles. The molecule has 4 nitrogen and oxygen atoms in total. The summed E-state index contributed by atoms with van der Waals surface area (Å²) in [6.07, 6.45) is 4.34. The summed E-state index contributed by atoms with van der Waals surface area (Å²) in [7, 11) is -3.15. The highest BCUT2D eigenvalue weighted by molar-refractivity contribution is 7.89. The Labute approximate surface area is 114 Å². The van der Waals surface area contributed by atoms with Gasteiger partial charge in [-0.2, -0.15) is 4.31 Å². The molecule has 0 amide bonds. The fourth-order valence-electron chi connectivity index (χ4n) is 2.64. The van der Waals surface area contributed by atoms with Crippen molar-refractivity contribution in [2.45, 2.75) is 32.7 Å². The number of rotatable bonds is 4. The van der Waals surface area contributed by atoms with Gasteiger partial charge in [-0.1, -0.05) is 6.08 Å². The first-order valence-electron chi connectivity index (χ1n) is 6.78. The fourth-order valence-corrected chi connectivity index (χ4v) is 3.91. The molecule has 0 aromatic carbocycles. The zero-order valence-electron chi connectivity index (χ0n) is 11.3. The van der Waals surface area contributed by atoms with E-state index in [2.05, 4.69) is 6.08 Å². The molecule has 0 bridgehead atoms. The largest absolute Gasteiger partial charge is 0.462 e. The first-order valence-corrected chi connectivity index (χ1v) is 8.39. The molecule has 1 atom stereocenters. The molecule has 2 heterocycles. The second-order valence-corrected chi connectivity index (χ2v) is 7.59. The van der Waals surface area contributed by atoms with Crippen molar-refractivity contribution >= 4 is 15.6 Å².